The van der Waals surface area contributed by atoms with Crippen LogP contribution < -0.4 is 5.32 Å². The molecule has 2 heterocycles. The number of benzene rings is 1. The van der Waals surface area contributed by atoms with Gasteiger partial charge in [-0.05, 0) is 81.4 Å². The van der Waals surface area contributed by atoms with Crippen LogP contribution in [0.2, 0.25) is 0 Å². The van der Waals surface area contributed by atoms with E-state index in [-0.39, 0.29) is 0 Å². The number of hydrogen-bond donors (Lipinski definition) is 1. The van der Waals surface area contributed by atoms with E-state index >= 15 is 0 Å². The van der Waals surface area contributed by atoms with E-state index in [9.17, 15) is 0 Å². The van der Waals surface area contributed by atoms with Gasteiger partial charge in [0.25, 0.3) is 0 Å². The van der Waals surface area contributed by atoms with Crippen molar-refractivity contribution >= 4 is 0 Å². The van der Waals surface area contributed by atoms with Crippen LogP contribution in [0.5, 0.6) is 0 Å². The molecule has 1 fully saturated rings. The summed E-state index contributed by atoms with van der Waals surface area (Å²) >= 11 is 0. The van der Waals surface area contributed by atoms with Crippen LogP contribution in [0.15, 0.2) is 48.8 Å². The standard InChI is InChI=1S/C22H31N3/c1-18-5-3-4-6-21(18)17-19(2)24-22-10-15-25(16-11-22)14-9-20-7-12-23-13-8-20/h3-8,12-13,19,22,24H,9-11,14-17H2,1-2H3/t19-/m1/s1. The highest BCUT2D eigenvalue weighted by Gasteiger charge is 2.20. The molecule has 2 aromatic rings. The summed E-state index contributed by atoms with van der Waals surface area (Å²) in [6.45, 7) is 8.11. The zero-order chi connectivity index (χ0) is 17.5. The average molecular weight is 338 g/mol. The zero-order valence-electron chi connectivity index (χ0n) is 15.6. The normalized spacial score (nSPS) is 17.5. The third kappa shape index (κ3) is 5.65. The molecule has 0 bridgehead atoms. The van der Waals surface area contributed by atoms with Crippen LogP contribution in [-0.4, -0.2) is 41.6 Å². The van der Waals surface area contributed by atoms with Gasteiger partial charge in [-0.1, -0.05) is 24.3 Å². The minimum atomic E-state index is 0.537. The number of pyridine rings is 1. The topological polar surface area (TPSA) is 28.2 Å². The molecule has 0 radical (unpaired) electrons. The van der Waals surface area contributed by atoms with Gasteiger partial charge in [-0.3, -0.25) is 4.98 Å². The molecule has 1 aromatic carbocycles. The van der Waals surface area contributed by atoms with E-state index in [1.54, 1.807) is 0 Å². The molecule has 0 aliphatic carbocycles. The molecule has 25 heavy (non-hydrogen) atoms. The van der Waals surface area contributed by atoms with Crippen molar-refractivity contribution in [2.45, 2.75) is 51.6 Å². The van der Waals surface area contributed by atoms with Crippen LogP contribution in [0.4, 0.5) is 0 Å². The van der Waals surface area contributed by atoms with Crippen molar-refractivity contribution in [1.82, 2.24) is 15.2 Å². The summed E-state index contributed by atoms with van der Waals surface area (Å²) in [5.74, 6) is 0. The van der Waals surface area contributed by atoms with Crippen LogP contribution in [0, 0.1) is 6.92 Å². The van der Waals surface area contributed by atoms with Gasteiger partial charge in [0.05, 0.1) is 0 Å². The first-order valence-electron chi connectivity index (χ1n) is 9.62. The molecule has 1 N–H and O–H groups in total. The minimum absolute atomic E-state index is 0.537. The van der Waals surface area contributed by atoms with Crippen molar-refractivity contribution in [1.29, 1.82) is 0 Å². The first-order valence-corrected chi connectivity index (χ1v) is 9.62. The first kappa shape index (κ1) is 18.1. The Balaban J connectivity index is 1.38. The molecule has 1 aromatic heterocycles. The van der Waals surface area contributed by atoms with Crippen molar-refractivity contribution < 1.29 is 0 Å². The summed E-state index contributed by atoms with van der Waals surface area (Å²) < 4.78 is 0. The molecule has 3 rings (SSSR count). The third-order valence-corrected chi connectivity index (χ3v) is 5.36. The third-order valence-electron chi connectivity index (χ3n) is 5.36. The molecule has 1 aliphatic rings. The second kappa shape index (κ2) is 9.12. The monoisotopic (exact) mass is 337 g/mol. The fraction of sp³-hybridized carbons (Fsp3) is 0.500. The Labute approximate surface area is 152 Å². The highest BCUT2D eigenvalue weighted by Crippen LogP contribution is 2.14. The van der Waals surface area contributed by atoms with Crippen molar-refractivity contribution in [3.8, 4) is 0 Å². The molecular formula is C22H31N3. The number of nitrogens with zero attached hydrogens (tertiary/aromatic N) is 2. The summed E-state index contributed by atoms with van der Waals surface area (Å²) in [5.41, 5.74) is 4.27. The van der Waals surface area contributed by atoms with Gasteiger partial charge in [-0.15, -0.1) is 0 Å². The van der Waals surface area contributed by atoms with Crippen LogP contribution in [0.25, 0.3) is 0 Å². The second-order valence-corrected chi connectivity index (χ2v) is 7.42. The number of nitrogens with one attached hydrogen (secondary N) is 1. The Hall–Kier alpha value is -1.71. The van der Waals surface area contributed by atoms with E-state index in [0.717, 1.165) is 19.4 Å². The van der Waals surface area contributed by atoms with Gasteiger partial charge in [0.15, 0.2) is 0 Å². The smallest absolute Gasteiger partial charge is 0.0270 e. The SMILES string of the molecule is Cc1ccccc1C[C@@H](C)NC1CCN(CCc2ccncc2)CC1. The van der Waals surface area contributed by atoms with Crippen molar-refractivity contribution in [2.24, 2.45) is 0 Å². The quantitative estimate of drug-likeness (QED) is 0.836. The van der Waals surface area contributed by atoms with E-state index in [0.29, 0.717) is 12.1 Å². The average Bonchev–Trinajstić information content (AvgIpc) is 2.64. The number of likely N-dealkylation sites (tertiary alicyclic amines) is 1. The van der Waals surface area contributed by atoms with E-state index in [4.69, 9.17) is 0 Å². The van der Waals surface area contributed by atoms with Crippen molar-refractivity contribution in [2.75, 3.05) is 19.6 Å². The van der Waals surface area contributed by atoms with Gasteiger partial charge in [0.1, 0.15) is 0 Å². The Morgan fingerprint density at radius 2 is 1.84 bits per heavy atom. The molecule has 0 spiro atoms. The van der Waals surface area contributed by atoms with Gasteiger partial charge in [-0.2, -0.15) is 0 Å². The zero-order valence-corrected chi connectivity index (χ0v) is 15.6. The molecule has 3 nitrogen and oxygen atoms in total. The maximum absolute atomic E-state index is 4.09. The number of aromatic nitrogens is 1. The van der Waals surface area contributed by atoms with E-state index in [2.05, 4.69) is 65.4 Å². The number of aryl methyl sites for hydroxylation is 1. The Morgan fingerprint density at radius 1 is 1.12 bits per heavy atom. The second-order valence-electron chi connectivity index (χ2n) is 7.42. The summed E-state index contributed by atoms with van der Waals surface area (Å²) in [4.78, 5) is 6.69. The summed E-state index contributed by atoms with van der Waals surface area (Å²) in [6, 6.07) is 14.2. The molecular weight excluding hydrogens is 306 g/mol. The Morgan fingerprint density at radius 3 is 2.56 bits per heavy atom. The van der Waals surface area contributed by atoms with Crippen LogP contribution in [0.1, 0.15) is 36.5 Å². The maximum Gasteiger partial charge on any atom is 0.0270 e. The lowest BCUT2D eigenvalue weighted by Crippen LogP contribution is -2.46. The number of hydrogen-bond acceptors (Lipinski definition) is 3. The predicted molar refractivity (Wildman–Crippen MR) is 105 cm³/mol. The predicted octanol–water partition coefficient (Wildman–Crippen LogP) is 3.62. The molecule has 1 aliphatic heterocycles. The fourth-order valence-corrected chi connectivity index (χ4v) is 3.79. The lowest BCUT2D eigenvalue weighted by atomic mass is 9.99. The van der Waals surface area contributed by atoms with Crippen LogP contribution >= 0.6 is 0 Å². The molecule has 0 amide bonds. The van der Waals surface area contributed by atoms with E-state index < -0.39 is 0 Å². The largest absolute Gasteiger partial charge is 0.311 e. The molecule has 134 valence electrons. The Kier molecular flexibility index (Phi) is 6.60. The summed E-state index contributed by atoms with van der Waals surface area (Å²) in [5, 5.41) is 3.85. The molecule has 3 heteroatoms. The van der Waals surface area contributed by atoms with Crippen molar-refractivity contribution in [3.63, 3.8) is 0 Å². The van der Waals surface area contributed by atoms with Gasteiger partial charge < -0.3 is 10.2 Å². The highest BCUT2D eigenvalue weighted by molar-refractivity contribution is 5.26. The lowest BCUT2D eigenvalue weighted by molar-refractivity contribution is 0.193. The van der Waals surface area contributed by atoms with E-state index in [1.807, 2.05) is 12.4 Å². The van der Waals surface area contributed by atoms with E-state index in [1.165, 1.54) is 42.6 Å². The van der Waals surface area contributed by atoms with Gasteiger partial charge in [0, 0.05) is 31.0 Å². The molecule has 0 unspecified atom stereocenters. The molecule has 1 atom stereocenters. The summed E-state index contributed by atoms with van der Waals surface area (Å²) in [7, 11) is 0. The molecule has 0 saturated carbocycles. The highest BCUT2D eigenvalue weighted by atomic mass is 15.1. The van der Waals surface area contributed by atoms with Gasteiger partial charge >= 0.3 is 0 Å². The summed E-state index contributed by atoms with van der Waals surface area (Å²) in [6.07, 6.45) is 8.55. The van der Waals surface area contributed by atoms with Gasteiger partial charge in [0.2, 0.25) is 0 Å². The maximum atomic E-state index is 4.09. The molecule has 1 saturated heterocycles. The van der Waals surface area contributed by atoms with Gasteiger partial charge in [-0.25, -0.2) is 0 Å². The van der Waals surface area contributed by atoms with Crippen molar-refractivity contribution in [3.05, 3.63) is 65.5 Å². The van der Waals surface area contributed by atoms with Crippen LogP contribution in [-0.2, 0) is 12.8 Å². The Bertz CT molecular complexity index is 633. The lowest BCUT2D eigenvalue weighted by Gasteiger charge is -2.34. The first-order chi connectivity index (χ1) is 12.2. The van der Waals surface area contributed by atoms with Crippen LogP contribution in [0.3, 0.4) is 0 Å². The fourth-order valence-electron chi connectivity index (χ4n) is 3.79. The minimum Gasteiger partial charge on any atom is -0.311 e. The number of rotatable bonds is 7. The number of piperidine rings is 1.